The molecule has 2 aliphatic heterocycles. The first kappa shape index (κ1) is 22.7. The number of likely N-dealkylation sites (tertiary alicyclic amines) is 1. The topological polar surface area (TPSA) is 60.3 Å². The van der Waals surface area contributed by atoms with Crippen LogP contribution in [0, 0.1) is 0 Å². The van der Waals surface area contributed by atoms with Crippen LogP contribution in [0.15, 0.2) is 29.3 Å². The first-order chi connectivity index (χ1) is 12.7. The molecule has 1 aromatic rings. The van der Waals surface area contributed by atoms with Crippen molar-refractivity contribution in [3.8, 4) is 0 Å². The summed E-state index contributed by atoms with van der Waals surface area (Å²) in [5.74, 6) is 0.885. The summed E-state index contributed by atoms with van der Waals surface area (Å²) in [7, 11) is 0. The zero-order valence-corrected chi connectivity index (χ0v) is 18.9. The van der Waals surface area contributed by atoms with Gasteiger partial charge < -0.3 is 20.1 Å². The maximum Gasteiger partial charge on any atom is 0.194 e. The van der Waals surface area contributed by atoms with E-state index in [0.717, 1.165) is 63.9 Å². The predicted molar refractivity (Wildman–Crippen MR) is 120 cm³/mol. The molecule has 3 rings (SSSR count). The van der Waals surface area contributed by atoms with Gasteiger partial charge in [0.2, 0.25) is 0 Å². The summed E-state index contributed by atoms with van der Waals surface area (Å²) in [5, 5.41) is 14.4. The fourth-order valence-corrected chi connectivity index (χ4v) is 3.69. The maximum absolute atomic E-state index is 10.4. The molecular formula is C19H30ClIN4O2. The van der Waals surface area contributed by atoms with E-state index in [0.29, 0.717) is 17.6 Å². The molecule has 2 N–H and O–H groups in total. The lowest BCUT2D eigenvalue weighted by molar-refractivity contribution is 0.0194. The third-order valence-electron chi connectivity index (χ3n) is 5.03. The smallest absolute Gasteiger partial charge is 0.194 e. The van der Waals surface area contributed by atoms with Crippen LogP contribution in [0.25, 0.3) is 0 Å². The van der Waals surface area contributed by atoms with Gasteiger partial charge in [0, 0.05) is 43.8 Å². The molecule has 0 bridgehead atoms. The summed E-state index contributed by atoms with van der Waals surface area (Å²) >= 11 is 5.91. The van der Waals surface area contributed by atoms with Gasteiger partial charge in [0.05, 0.1) is 25.9 Å². The Kier molecular flexibility index (Phi) is 9.58. The number of aliphatic hydroxyl groups excluding tert-OH is 1. The highest BCUT2D eigenvalue weighted by molar-refractivity contribution is 14.0. The molecule has 27 heavy (non-hydrogen) atoms. The van der Waals surface area contributed by atoms with E-state index >= 15 is 0 Å². The highest BCUT2D eigenvalue weighted by atomic mass is 127. The second-order valence-corrected chi connectivity index (χ2v) is 7.24. The van der Waals surface area contributed by atoms with E-state index in [1.165, 1.54) is 0 Å². The normalized spacial score (nSPS) is 22.4. The van der Waals surface area contributed by atoms with Crippen molar-refractivity contribution < 1.29 is 9.84 Å². The van der Waals surface area contributed by atoms with Gasteiger partial charge in [-0.15, -0.1) is 24.0 Å². The van der Waals surface area contributed by atoms with Crippen LogP contribution in [0.4, 0.5) is 0 Å². The number of aliphatic hydroxyl groups is 1. The minimum absolute atomic E-state index is 0. The summed E-state index contributed by atoms with van der Waals surface area (Å²) in [4.78, 5) is 9.51. The van der Waals surface area contributed by atoms with E-state index in [-0.39, 0.29) is 24.0 Å². The van der Waals surface area contributed by atoms with Gasteiger partial charge in [0.15, 0.2) is 5.96 Å². The van der Waals surface area contributed by atoms with Crippen LogP contribution in [0.2, 0.25) is 5.02 Å². The van der Waals surface area contributed by atoms with Gasteiger partial charge in [-0.25, -0.2) is 0 Å². The molecule has 0 aliphatic carbocycles. The van der Waals surface area contributed by atoms with Crippen LogP contribution in [0.3, 0.4) is 0 Å². The third kappa shape index (κ3) is 6.45. The van der Waals surface area contributed by atoms with E-state index in [9.17, 15) is 5.11 Å². The van der Waals surface area contributed by atoms with Crippen molar-refractivity contribution in [2.45, 2.75) is 25.5 Å². The molecule has 152 valence electrons. The van der Waals surface area contributed by atoms with Gasteiger partial charge in [-0.2, -0.15) is 0 Å². The number of nitrogens with one attached hydrogen (secondary N) is 1. The molecule has 8 heteroatoms. The van der Waals surface area contributed by atoms with Crippen LogP contribution in [-0.4, -0.2) is 79.4 Å². The van der Waals surface area contributed by atoms with Gasteiger partial charge in [-0.05, 0) is 31.0 Å². The van der Waals surface area contributed by atoms with E-state index in [1.54, 1.807) is 12.1 Å². The molecule has 2 aliphatic rings. The van der Waals surface area contributed by atoms with Gasteiger partial charge >= 0.3 is 0 Å². The van der Waals surface area contributed by atoms with Crippen molar-refractivity contribution in [2.24, 2.45) is 4.99 Å². The summed E-state index contributed by atoms with van der Waals surface area (Å²) in [5.41, 5.74) is 0.835. The Hall–Kier alpha value is -0.610. The lowest BCUT2D eigenvalue weighted by Crippen LogP contribution is -2.46. The zero-order valence-electron chi connectivity index (χ0n) is 15.8. The number of hydrogen-bond acceptors (Lipinski definition) is 4. The molecule has 2 saturated heterocycles. The molecule has 0 saturated carbocycles. The van der Waals surface area contributed by atoms with Gasteiger partial charge in [0.1, 0.15) is 0 Å². The van der Waals surface area contributed by atoms with Crippen molar-refractivity contribution in [1.82, 2.24) is 15.1 Å². The number of ether oxygens (including phenoxy) is 1. The minimum atomic E-state index is -0.626. The average molecular weight is 509 g/mol. The summed E-state index contributed by atoms with van der Waals surface area (Å²) in [6.45, 7) is 8.88. The van der Waals surface area contributed by atoms with Gasteiger partial charge in [0.25, 0.3) is 0 Å². The van der Waals surface area contributed by atoms with Crippen molar-refractivity contribution in [3.05, 3.63) is 34.9 Å². The van der Waals surface area contributed by atoms with Crippen LogP contribution < -0.4 is 5.32 Å². The Labute approximate surface area is 183 Å². The van der Waals surface area contributed by atoms with Gasteiger partial charge in [-0.3, -0.25) is 9.89 Å². The quantitative estimate of drug-likeness (QED) is 0.363. The van der Waals surface area contributed by atoms with E-state index in [1.807, 2.05) is 12.1 Å². The molecule has 6 nitrogen and oxygen atoms in total. The number of guanidine groups is 1. The summed E-state index contributed by atoms with van der Waals surface area (Å²) in [6, 6.07) is 7.84. The lowest BCUT2D eigenvalue weighted by Gasteiger charge is -2.32. The largest absolute Gasteiger partial charge is 0.386 e. The SMILES string of the molecule is CCNC(=NCC(O)c1ccc(Cl)cc1)N1CCC(N2CCOCC2)C1.I. The third-order valence-corrected chi connectivity index (χ3v) is 5.28. The Morgan fingerprint density at radius 1 is 1.30 bits per heavy atom. The summed E-state index contributed by atoms with van der Waals surface area (Å²) in [6.07, 6.45) is 0.517. The molecule has 0 amide bonds. The summed E-state index contributed by atoms with van der Waals surface area (Å²) < 4.78 is 5.46. The first-order valence-corrected chi connectivity index (χ1v) is 9.83. The standard InChI is InChI=1S/C19H29ClN4O2.HI/c1-2-21-19(22-13-18(25)15-3-5-16(20)6-4-15)24-8-7-17(14-24)23-9-11-26-12-10-23;/h3-6,17-18,25H,2,7-14H2,1H3,(H,21,22);1H. The van der Waals surface area contributed by atoms with Crippen molar-refractivity contribution in [2.75, 3.05) is 52.5 Å². The van der Waals surface area contributed by atoms with Crippen molar-refractivity contribution in [3.63, 3.8) is 0 Å². The van der Waals surface area contributed by atoms with Crippen LogP contribution in [0.5, 0.6) is 0 Å². The number of hydrogen-bond donors (Lipinski definition) is 2. The Balaban J connectivity index is 0.00000261. The van der Waals surface area contributed by atoms with E-state index in [4.69, 9.17) is 16.3 Å². The monoisotopic (exact) mass is 508 g/mol. The minimum Gasteiger partial charge on any atom is -0.386 e. The number of morpholine rings is 1. The molecule has 2 fully saturated rings. The van der Waals surface area contributed by atoms with Gasteiger partial charge in [-0.1, -0.05) is 23.7 Å². The second kappa shape index (κ2) is 11.4. The predicted octanol–water partition coefficient (Wildman–Crippen LogP) is 2.36. The number of aliphatic imine (C=N–C) groups is 1. The Morgan fingerprint density at radius 2 is 2.00 bits per heavy atom. The molecule has 0 spiro atoms. The molecule has 2 unspecified atom stereocenters. The molecule has 0 aromatic heterocycles. The Morgan fingerprint density at radius 3 is 2.67 bits per heavy atom. The van der Waals surface area contributed by atoms with Crippen molar-refractivity contribution in [1.29, 1.82) is 0 Å². The fourth-order valence-electron chi connectivity index (χ4n) is 3.56. The molecule has 2 heterocycles. The number of halogens is 2. The van der Waals surface area contributed by atoms with Crippen molar-refractivity contribution >= 4 is 41.5 Å². The fraction of sp³-hybridized carbons (Fsp3) is 0.632. The molecule has 1 aromatic carbocycles. The molecule has 2 atom stereocenters. The Bertz CT molecular complexity index is 596. The zero-order chi connectivity index (χ0) is 18.4. The highest BCUT2D eigenvalue weighted by Gasteiger charge is 2.30. The van der Waals surface area contributed by atoms with Crippen LogP contribution >= 0.6 is 35.6 Å². The van der Waals surface area contributed by atoms with E-state index in [2.05, 4.69) is 27.0 Å². The number of nitrogens with zero attached hydrogens (tertiary/aromatic N) is 3. The number of benzene rings is 1. The lowest BCUT2D eigenvalue weighted by atomic mass is 10.1. The molecular weight excluding hydrogens is 479 g/mol. The average Bonchev–Trinajstić information content (AvgIpc) is 3.16. The first-order valence-electron chi connectivity index (χ1n) is 9.46. The number of rotatable bonds is 5. The maximum atomic E-state index is 10.4. The molecule has 0 radical (unpaired) electrons. The highest BCUT2D eigenvalue weighted by Crippen LogP contribution is 2.19. The van der Waals surface area contributed by atoms with Crippen LogP contribution in [0.1, 0.15) is 25.0 Å². The van der Waals surface area contributed by atoms with Crippen LogP contribution in [-0.2, 0) is 4.74 Å². The van der Waals surface area contributed by atoms with E-state index < -0.39 is 6.10 Å². The second-order valence-electron chi connectivity index (χ2n) is 6.80.